The summed E-state index contributed by atoms with van der Waals surface area (Å²) < 4.78 is 1.87. The quantitative estimate of drug-likeness (QED) is 0.915. The van der Waals surface area contributed by atoms with E-state index in [1.54, 1.807) is 0 Å². The van der Waals surface area contributed by atoms with E-state index in [0.717, 1.165) is 12.2 Å². The Bertz CT molecular complexity index is 632. The molecule has 21 heavy (non-hydrogen) atoms. The van der Waals surface area contributed by atoms with Gasteiger partial charge in [-0.2, -0.15) is 10.4 Å². The minimum atomic E-state index is 0.234. The zero-order valence-electron chi connectivity index (χ0n) is 13.1. The fourth-order valence-corrected chi connectivity index (χ4v) is 2.40. The summed E-state index contributed by atoms with van der Waals surface area (Å²) in [5.74, 6) is 0.424. The van der Waals surface area contributed by atoms with E-state index < -0.39 is 0 Å². The Kier molecular flexibility index (Phi) is 4.77. The first-order valence-corrected chi connectivity index (χ1v) is 7.27. The number of hydrogen-bond donors (Lipinski definition) is 1. The van der Waals surface area contributed by atoms with Crippen molar-refractivity contribution in [2.24, 2.45) is 7.05 Å². The number of nitriles is 1. The molecule has 4 heteroatoms. The largest absolute Gasteiger partial charge is 0.306 e. The van der Waals surface area contributed by atoms with E-state index >= 15 is 0 Å². The summed E-state index contributed by atoms with van der Waals surface area (Å²) in [5.41, 5.74) is 4.27. The predicted octanol–water partition coefficient (Wildman–Crippen LogP) is 3.27. The molecule has 110 valence electrons. The molecule has 0 bridgehead atoms. The fraction of sp³-hybridized carbons (Fsp3) is 0.412. The number of hydrogen-bond acceptors (Lipinski definition) is 3. The van der Waals surface area contributed by atoms with Crippen LogP contribution in [-0.4, -0.2) is 9.78 Å². The van der Waals surface area contributed by atoms with Gasteiger partial charge in [0.1, 0.15) is 0 Å². The topological polar surface area (TPSA) is 53.6 Å². The number of nitrogens with one attached hydrogen (secondary N) is 1. The number of aryl methyl sites for hydroxylation is 1. The molecule has 1 N–H and O–H groups in total. The molecule has 0 aliphatic rings. The van der Waals surface area contributed by atoms with Gasteiger partial charge in [0.25, 0.3) is 0 Å². The molecule has 0 saturated heterocycles. The van der Waals surface area contributed by atoms with Crippen molar-refractivity contribution in [3.8, 4) is 6.07 Å². The average Bonchev–Trinajstić information content (AvgIpc) is 2.86. The summed E-state index contributed by atoms with van der Waals surface area (Å²) in [6.45, 7) is 7.25. The Hall–Kier alpha value is -2.12. The van der Waals surface area contributed by atoms with Gasteiger partial charge < -0.3 is 5.32 Å². The van der Waals surface area contributed by atoms with Gasteiger partial charge in [0.2, 0.25) is 0 Å². The molecule has 0 spiro atoms. The van der Waals surface area contributed by atoms with Crippen molar-refractivity contribution >= 4 is 0 Å². The molecule has 0 saturated carbocycles. The van der Waals surface area contributed by atoms with Gasteiger partial charge >= 0.3 is 0 Å². The third-order valence-corrected chi connectivity index (χ3v) is 3.62. The molecule has 1 unspecified atom stereocenters. The van der Waals surface area contributed by atoms with Crippen LogP contribution in [0, 0.1) is 11.3 Å². The SMILES string of the molecule is CC(C)c1nn(C)cc1CNC(C)c1ccc(C#N)cc1. The molecule has 2 rings (SSSR count). The van der Waals surface area contributed by atoms with Crippen LogP contribution in [0.3, 0.4) is 0 Å². The molecule has 0 aliphatic carbocycles. The summed E-state index contributed by atoms with van der Waals surface area (Å²) in [6, 6.07) is 10.1. The molecule has 1 aromatic heterocycles. The monoisotopic (exact) mass is 282 g/mol. The molecule has 1 atom stereocenters. The summed E-state index contributed by atoms with van der Waals surface area (Å²) in [4.78, 5) is 0. The van der Waals surface area contributed by atoms with Crippen LogP contribution in [0.15, 0.2) is 30.5 Å². The normalized spacial score (nSPS) is 12.4. The van der Waals surface area contributed by atoms with Gasteiger partial charge in [0.05, 0.1) is 17.3 Å². The molecule has 1 aromatic carbocycles. The summed E-state index contributed by atoms with van der Waals surface area (Å²) >= 11 is 0. The molecule has 1 heterocycles. The molecule has 2 aromatic rings. The lowest BCUT2D eigenvalue weighted by atomic mass is 10.0. The van der Waals surface area contributed by atoms with Crippen LogP contribution in [0.5, 0.6) is 0 Å². The third-order valence-electron chi connectivity index (χ3n) is 3.62. The van der Waals surface area contributed by atoms with Crippen LogP contribution in [-0.2, 0) is 13.6 Å². The van der Waals surface area contributed by atoms with Crippen molar-refractivity contribution in [3.63, 3.8) is 0 Å². The van der Waals surface area contributed by atoms with Crippen LogP contribution in [0.2, 0.25) is 0 Å². The van der Waals surface area contributed by atoms with Crippen LogP contribution >= 0.6 is 0 Å². The Morgan fingerprint density at radius 1 is 1.24 bits per heavy atom. The molecule has 0 fully saturated rings. The van der Waals surface area contributed by atoms with E-state index in [9.17, 15) is 0 Å². The maximum Gasteiger partial charge on any atom is 0.0991 e. The van der Waals surface area contributed by atoms with Crippen LogP contribution in [0.25, 0.3) is 0 Å². The second-order valence-electron chi connectivity index (χ2n) is 5.70. The average molecular weight is 282 g/mol. The van der Waals surface area contributed by atoms with E-state index in [-0.39, 0.29) is 6.04 Å². The summed E-state index contributed by atoms with van der Waals surface area (Å²) in [6.07, 6.45) is 2.08. The molecular weight excluding hydrogens is 260 g/mol. The van der Waals surface area contributed by atoms with Crippen LogP contribution in [0.4, 0.5) is 0 Å². The lowest BCUT2D eigenvalue weighted by Crippen LogP contribution is -2.18. The first-order chi connectivity index (χ1) is 10.0. The fourth-order valence-electron chi connectivity index (χ4n) is 2.40. The predicted molar refractivity (Wildman–Crippen MR) is 83.7 cm³/mol. The highest BCUT2D eigenvalue weighted by atomic mass is 15.3. The van der Waals surface area contributed by atoms with E-state index in [1.165, 1.54) is 11.1 Å². The highest BCUT2D eigenvalue weighted by molar-refractivity contribution is 5.32. The van der Waals surface area contributed by atoms with Gasteiger partial charge in [-0.3, -0.25) is 4.68 Å². The van der Waals surface area contributed by atoms with Crippen molar-refractivity contribution in [2.45, 2.75) is 39.3 Å². The lowest BCUT2D eigenvalue weighted by Gasteiger charge is -2.15. The molecule has 0 amide bonds. The summed E-state index contributed by atoms with van der Waals surface area (Å²) in [5, 5.41) is 16.9. The van der Waals surface area contributed by atoms with Crippen LogP contribution in [0.1, 0.15) is 55.1 Å². The van der Waals surface area contributed by atoms with E-state index in [0.29, 0.717) is 11.5 Å². The zero-order valence-corrected chi connectivity index (χ0v) is 13.1. The highest BCUT2D eigenvalue weighted by Crippen LogP contribution is 2.19. The van der Waals surface area contributed by atoms with E-state index in [4.69, 9.17) is 5.26 Å². The molecule has 4 nitrogen and oxygen atoms in total. The van der Waals surface area contributed by atoms with Crippen molar-refractivity contribution in [1.29, 1.82) is 5.26 Å². The maximum atomic E-state index is 8.83. The number of benzene rings is 1. The number of aromatic nitrogens is 2. The molecular formula is C17H22N4. The van der Waals surface area contributed by atoms with Crippen molar-refractivity contribution < 1.29 is 0 Å². The minimum Gasteiger partial charge on any atom is -0.306 e. The highest BCUT2D eigenvalue weighted by Gasteiger charge is 2.12. The van der Waals surface area contributed by atoms with Crippen molar-refractivity contribution in [3.05, 3.63) is 52.8 Å². The Morgan fingerprint density at radius 3 is 2.48 bits per heavy atom. The summed E-state index contributed by atoms with van der Waals surface area (Å²) in [7, 11) is 1.96. The van der Waals surface area contributed by atoms with Gasteiger partial charge in [-0.05, 0) is 30.5 Å². The molecule has 0 aliphatic heterocycles. The van der Waals surface area contributed by atoms with Crippen LogP contribution < -0.4 is 5.32 Å². The van der Waals surface area contributed by atoms with Crippen molar-refractivity contribution in [1.82, 2.24) is 15.1 Å². The first-order valence-electron chi connectivity index (χ1n) is 7.27. The maximum absolute atomic E-state index is 8.83. The second kappa shape index (κ2) is 6.55. The smallest absolute Gasteiger partial charge is 0.0991 e. The first kappa shape index (κ1) is 15.3. The van der Waals surface area contributed by atoms with Gasteiger partial charge in [-0.15, -0.1) is 0 Å². The third kappa shape index (κ3) is 3.71. The standard InChI is InChI=1S/C17H22N4/c1-12(2)17-16(11-21(4)20-17)10-19-13(3)15-7-5-14(9-18)6-8-15/h5-8,11-13,19H,10H2,1-4H3. The van der Waals surface area contributed by atoms with Gasteiger partial charge in [0, 0.05) is 31.4 Å². The molecule has 0 radical (unpaired) electrons. The lowest BCUT2D eigenvalue weighted by molar-refractivity contribution is 0.570. The Morgan fingerprint density at radius 2 is 1.90 bits per heavy atom. The van der Waals surface area contributed by atoms with Crippen molar-refractivity contribution in [2.75, 3.05) is 0 Å². The van der Waals surface area contributed by atoms with Gasteiger partial charge in [0.15, 0.2) is 0 Å². The number of rotatable bonds is 5. The zero-order chi connectivity index (χ0) is 15.4. The second-order valence-corrected chi connectivity index (χ2v) is 5.70. The van der Waals surface area contributed by atoms with E-state index in [1.807, 2.05) is 36.0 Å². The Balaban J connectivity index is 2.03. The number of nitrogens with zero attached hydrogens (tertiary/aromatic N) is 3. The van der Waals surface area contributed by atoms with E-state index in [2.05, 4.69) is 43.5 Å². The van der Waals surface area contributed by atoms with Gasteiger partial charge in [-0.1, -0.05) is 26.0 Å². The van der Waals surface area contributed by atoms with Gasteiger partial charge in [-0.25, -0.2) is 0 Å². The minimum absolute atomic E-state index is 0.234. The Labute approximate surface area is 126 Å².